The number of fused-ring (bicyclic) bond motifs is 1. The molecule has 194 valence electrons. The molecule has 1 atom stereocenters. The second-order valence-electron chi connectivity index (χ2n) is 9.16. The number of ether oxygens (including phenoxy) is 2. The van der Waals surface area contributed by atoms with Gasteiger partial charge in [0.15, 0.2) is 0 Å². The van der Waals surface area contributed by atoms with Crippen molar-refractivity contribution in [1.29, 1.82) is 5.26 Å². The van der Waals surface area contributed by atoms with Crippen LogP contribution in [0.2, 0.25) is 0 Å². The highest BCUT2D eigenvalue weighted by Crippen LogP contribution is 2.37. The largest absolute Gasteiger partial charge is 0.497 e. The number of anilines is 1. The summed E-state index contributed by atoms with van der Waals surface area (Å²) >= 11 is 1.35. The molecule has 0 bridgehead atoms. The molecule has 9 nitrogen and oxygen atoms in total. The van der Waals surface area contributed by atoms with Gasteiger partial charge in [-0.3, -0.25) is 4.79 Å². The Morgan fingerprint density at radius 1 is 1.32 bits per heavy atom. The van der Waals surface area contributed by atoms with Crippen LogP contribution in [0.15, 0.2) is 30.5 Å². The SMILES string of the molecule is COc1cccc([C@@H](C)CC(=O)Nc2sc3c(c2C#N)CCN(C(=O)OCCn2cc(C)nc2C)C3)c1. The molecular weight excluding hydrogens is 490 g/mol. The topological polar surface area (TPSA) is 109 Å². The number of hydrogen-bond donors (Lipinski definition) is 1. The van der Waals surface area contributed by atoms with Crippen molar-refractivity contribution >= 4 is 28.3 Å². The van der Waals surface area contributed by atoms with Crippen LogP contribution < -0.4 is 10.1 Å². The first-order valence-electron chi connectivity index (χ1n) is 12.2. The highest BCUT2D eigenvalue weighted by molar-refractivity contribution is 7.16. The zero-order valence-corrected chi connectivity index (χ0v) is 22.4. The van der Waals surface area contributed by atoms with Crippen molar-refractivity contribution in [2.24, 2.45) is 0 Å². The molecular formula is C27H31N5O4S. The molecule has 0 saturated carbocycles. The lowest BCUT2D eigenvalue weighted by Crippen LogP contribution is -2.36. The normalized spacial score (nSPS) is 13.4. The molecule has 0 radical (unpaired) electrons. The molecule has 0 unspecified atom stereocenters. The van der Waals surface area contributed by atoms with E-state index in [0.717, 1.165) is 33.3 Å². The molecule has 1 aliphatic heterocycles. The standard InChI is InChI=1S/C27H31N5O4S/c1-17(20-6-5-7-21(13-20)35-4)12-25(33)30-26-23(14-28)22-8-9-32(16-24(22)37-26)27(34)36-11-10-31-15-18(2)29-19(31)3/h5-7,13,15,17H,8-12,16H2,1-4H3,(H,30,33)/t17-/m0/s1. The molecule has 0 spiro atoms. The van der Waals surface area contributed by atoms with Crippen LogP contribution in [0.25, 0.3) is 0 Å². The Labute approximate surface area is 220 Å². The average molecular weight is 522 g/mol. The zero-order chi connectivity index (χ0) is 26.5. The van der Waals surface area contributed by atoms with Crippen LogP contribution in [0.4, 0.5) is 9.80 Å². The molecule has 0 saturated heterocycles. The molecule has 0 fully saturated rings. The Kier molecular flexibility index (Phi) is 8.14. The minimum absolute atomic E-state index is 0.0180. The number of nitrogens with one attached hydrogen (secondary N) is 1. The number of amides is 2. The van der Waals surface area contributed by atoms with Crippen LogP contribution in [0.3, 0.4) is 0 Å². The number of carbonyl (C=O) groups excluding carboxylic acids is 2. The fraction of sp³-hybridized carbons (Fsp3) is 0.407. The number of imidazole rings is 1. The molecule has 1 N–H and O–H groups in total. The van der Waals surface area contributed by atoms with Crippen molar-refractivity contribution in [3.8, 4) is 11.8 Å². The minimum atomic E-state index is -0.384. The van der Waals surface area contributed by atoms with E-state index in [-0.39, 0.29) is 30.9 Å². The number of carbonyl (C=O) groups is 2. The maximum absolute atomic E-state index is 12.8. The van der Waals surface area contributed by atoms with Crippen molar-refractivity contribution < 1.29 is 19.1 Å². The lowest BCUT2D eigenvalue weighted by molar-refractivity contribution is -0.116. The smallest absolute Gasteiger partial charge is 0.410 e. The number of aryl methyl sites for hydroxylation is 2. The van der Waals surface area contributed by atoms with E-state index >= 15 is 0 Å². The summed E-state index contributed by atoms with van der Waals surface area (Å²) in [5.41, 5.74) is 3.32. The molecule has 3 heterocycles. The van der Waals surface area contributed by atoms with Crippen LogP contribution in [0.5, 0.6) is 5.75 Å². The van der Waals surface area contributed by atoms with E-state index < -0.39 is 0 Å². The number of aromatic nitrogens is 2. The van der Waals surface area contributed by atoms with Gasteiger partial charge in [0.05, 0.1) is 31.5 Å². The molecule has 10 heteroatoms. The first-order chi connectivity index (χ1) is 17.8. The monoisotopic (exact) mass is 521 g/mol. The number of methoxy groups -OCH3 is 1. The van der Waals surface area contributed by atoms with Gasteiger partial charge < -0.3 is 24.3 Å². The van der Waals surface area contributed by atoms with E-state index in [4.69, 9.17) is 9.47 Å². The van der Waals surface area contributed by atoms with Gasteiger partial charge in [0, 0.05) is 24.0 Å². The summed E-state index contributed by atoms with van der Waals surface area (Å²) < 4.78 is 12.7. The maximum atomic E-state index is 12.8. The Balaban J connectivity index is 1.35. The second-order valence-corrected chi connectivity index (χ2v) is 10.3. The van der Waals surface area contributed by atoms with E-state index in [9.17, 15) is 14.9 Å². The molecule has 2 amide bonds. The van der Waals surface area contributed by atoms with Crippen LogP contribution >= 0.6 is 11.3 Å². The lowest BCUT2D eigenvalue weighted by atomic mass is 9.97. The predicted molar refractivity (Wildman–Crippen MR) is 141 cm³/mol. The highest BCUT2D eigenvalue weighted by atomic mass is 32.1. The summed E-state index contributed by atoms with van der Waals surface area (Å²) in [4.78, 5) is 32.4. The summed E-state index contributed by atoms with van der Waals surface area (Å²) in [5, 5.41) is 13.3. The fourth-order valence-electron chi connectivity index (χ4n) is 4.50. The Morgan fingerprint density at radius 3 is 2.84 bits per heavy atom. The number of thiophene rings is 1. The maximum Gasteiger partial charge on any atom is 0.410 e. The van der Waals surface area contributed by atoms with Gasteiger partial charge in [-0.05, 0) is 49.4 Å². The van der Waals surface area contributed by atoms with Crippen molar-refractivity contribution in [2.75, 3.05) is 25.6 Å². The van der Waals surface area contributed by atoms with Gasteiger partial charge in [-0.2, -0.15) is 5.26 Å². The fourth-order valence-corrected chi connectivity index (χ4v) is 5.73. The van der Waals surface area contributed by atoms with Gasteiger partial charge in [0.1, 0.15) is 29.3 Å². The molecule has 1 aromatic carbocycles. The average Bonchev–Trinajstić information content (AvgIpc) is 3.40. The van der Waals surface area contributed by atoms with Crippen molar-refractivity contribution in [2.45, 2.75) is 52.6 Å². The number of benzene rings is 1. The molecule has 1 aliphatic rings. The quantitative estimate of drug-likeness (QED) is 0.457. The molecule has 4 rings (SSSR count). The molecule has 37 heavy (non-hydrogen) atoms. The van der Waals surface area contributed by atoms with E-state index in [1.54, 1.807) is 12.0 Å². The number of rotatable bonds is 8. The molecule has 2 aromatic heterocycles. The van der Waals surface area contributed by atoms with Crippen molar-refractivity contribution in [3.05, 3.63) is 63.5 Å². The van der Waals surface area contributed by atoms with Gasteiger partial charge in [0.25, 0.3) is 0 Å². The third kappa shape index (κ3) is 6.12. The van der Waals surface area contributed by atoms with Crippen LogP contribution in [0, 0.1) is 25.2 Å². The summed E-state index contributed by atoms with van der Waals surface area (Å²) in [7, 11) is 1.61. The van der Waals surface area contributed by atoms with Gasteiger partial charge in [-0.15, -0.1) is 11.3 Å². The van der Waals surface area contributed by atoms with E-state index in [1.807, 2.05) is 55.8 Å². The first kappa shape index (κ1) is 26.2. The second kappa shape index (κ2) is 11.5. The number of nitrogens with zero attached hydrogens (tertiary/aromatic N) is 4. The molecule has 0 aliphatic carbocycles. The third-order valence-electron chi connectivity index (χ3n) is 6.49. The lowest BCUT2D eigenvalue weighted by Gasteiger charge is -2.26. The minimum Gasteiger partial charge on any atom is -0.497 e. The van der Waals surface area contributed by atoms with E-state index in [2.05, 4.69) is 16.4 Å². The predicted octanol–water partition coefficient (Wildman–Crippen LogP) is 4.77. The van der Waals surface area contributed by atoms with E-state index in [0.29, 0.717) is 36.6 Å². The summed E-state index contributed by atoms with van der Waals surface area (Å²) in [6.45, 7) is 7.43. The van der Waals surface area contributed by atoms with Crippen molar-refractivity contribution in [3.63, 3.8) is 0 Å². The number of nitriles is 1. The molecule has 3 aromatic rings. The first-order valence-corrected chi connectivity index (χ1v) is 13.0. The van der Waals surface area contributed by atoms with Crippen LogP contribution in [0.1, 0.15) is 52.3 Å². The zero-order valence-electron chi connectivity index (χ0n) is 21.5. The van der Waals surface area contributed by atoms with Gasteiger partial charge in [-0.25, -0.2) is 9.78 Å². The van der Waals surface area contributed by atoms with E-state index in [1.165, 1.54) is 11.3 Å². The Bertz CT molecular complexity index is 1340. The van der Waals surface area contributed by atoms with Gasteiger partial charge in [0.2, 0.25) is 5.91 Å². The van der Waals surface area contributed by atoms with Gasteiger partial charge in [-0.1, -0.05) is 19.1 Å². The summed E-state index contributed by atoms with van der Waals surface area (Å²) in [5.74, 6) is 1.45. The van der Waals surface area contributed by atoms with Crippen LogP contribution in [-0.4, -0.2) is 46.7 Å². The van der Waals surface area contributed by atoms with Crippen molar-refractivity contribution in [1.82, 2.24) is 14.5 Å². The Hall–Kier alpha value is -3.84. The highest BCUT2D eigenvalue weighted by Gasteiger charge is 2.28. The van der Waals surface area contributed by atoms with Crippen LogP contribution in [-0.2, 0) is 29.0 Å². The third-order valence-corrected chi connectivity index (χ3v) is 7.62. The summed E-state index contributed by atoms with van der Waals surface area (Å²) in [6.07, 6.45) is 2.36. The van der Waals surface area contributed by atoms with Gasteiger partial charge >= 0.3 is 6.09 Å². The Morgan fingerprint density at radius 2 is 2.14 bits per heavy atom. The number of hydrogen-bond acceptors (Lipinski definition) is 7. The summed E-state index contributed by atoms with van der Waals surface area (Å²) in [6, 6.07) is 9.91.